The van der Waals surface area contributed by atoms with Crippen molar-refractivity contribution < 1.29 is 28.7 Å². The van der Waals surface area contributed by atoms with Crippen LogP contribution in [0.4, 0.5) is 9.59 Å². The second-order valence-electron chi connectivity index (χ2n) is 15.2. The SMILES string of the molecule is COC(=O)N[C@H](C(=O)N1CCC[C@H]1c1ncc(-c2ccc(C#CC#Cc3cnc([C@@H]4CCCN4C(=O)[C@H](NC(=O)OC)c4ccccc4)[nH]3)c(Sc3ccccc3)c2)[nH]1)C(C)C.Cl.Cl. The van der Waals surface area contributed by atoms with Gasteiger partial charge in [-0.25, -0.2) is 19.6 Å². The smallest absolute Gasteiger partial charge is 0.407 e. The number of H-pyrrole nitrogens is 2. The number of nitrogens with zero attached hydrogens (tertiary/aromatic N) is 4. The highest BCUT2D eigenvalue weighted by atomic mass is 35.5. The molecule has 3 aromatic carbocycles. The molecule has 4 amide bonds. The first kappa shape index (κ1) is 48.6. The third-order valence-corrected chi connectivity index (χ3v) is 11.9. The Balaban J connectivity index is 0.00000385. The summed E-state index contributed by atoms with van der Waals surface area (Å²) in [6.07, 6.45) is 5.14. The number of hydrogen-bond acceptors (Lipinski definition) is 9. The van der Waals surface area contributed by atoms with Gasteiger partial charge in [0.2, 0.25) is 5.91 Å². The number of nitrogens with one attached hydrogen (secondary N) is 4. The number of benzene rings is 3. The van der Waals surface area contributed by atoms with Gasteiger partial charge in [0.1, 0.15) is 29.4 Å². The molecule has 4 atom stereocenters. The molecule has 14 nitrogen and oxygen atoms in total. The number of carbonyl (C=O) groups excluding carboxylic acids is 4. The molecule has 334 valence electrons. The van der Waals surface area contributed by atoms with Gasteiger partial charge in [-0.2, -0.15) is 0 Å². The van der Waals surface area contributed by atoms with Gasteiger partial charge in [0.25, 0.3) is 5.91 Å². The lowest BCUT2D eigenvalue weighted by Crippen LogP contribution is -2.51. The van der Waals surface area contributed by atoms with Crippen LogP contribution < -0.4 is 10.6 Å². The van der Waals surface area contributed by atoms with Crippen LogP contribution in [0.25, 0.3) is 11.3 Å². The Morgan fingerprint density at radius 1 is 0.750 bits per heavy atom. The summed E-state index contributed by atoms with van der Waals surface area (Å²) in [5, 5.41) is 5.39. The number of alkyl carbamates (subject to hydrolysis) is 2. The lowest BCUT2D eigenvalue weighted by molar-refractivity contribution is -0.135. The summed E-state index contributed by atoms with van der Waals surface area (Å²) in [6.45, 7) is 4.87. The number of likely N-dealkylation sites (tertiary alicyclic amines) is 2. The quantitative estimate of drug-likeness (QED) is 0.0958. The molecule has 4 heterocycles. The molecule has 17 heteroatoms. The average molecular weight is 926 g/mol. The van der Waals surface area contributed by atoms with Crippen LogP contribution in [0.15, 0.2) is 101 Å². The molecule has 0 radical (unpaired) electrons. The van der Waals surface area contributed by atoms with E-state index in [1.54, 1.807) is 46.1 Å². The van der Waals surface area contributed by atoms with Crippen LogP contribution >= 0.6 is 36.6 Å². The number of halogens is 2. The zero-order chi connectivity index (χ0) is 43.6. The largest absolute Gasteiger partial charge is 0.453 e. The molecule has 5 aromatic rings. The van der Waals surface area contributed by atoms with Gasteiger partial charge in [-0.05, 0) is 79.2 Å². The summed E-state index contributed by atoms with van der Waals surface area (Å²) in [5.74, 6) is 13.0. The minimum Gasteiger partial charge on any atom is -0.453 e. The summed E-state index contributed by atoms with van der Waals surface area (Å²) in [7, 11) is 2.55. The van der Waals surface area contributed by atoms with Crippen LogP contribution in [0.5, 0.6) is 0 Å². The summed E-state index contributed by atoms with van der Waals surface area (Å²) < 4.78 is 9.60. The third kappa shape index (κ3) is 11.6. The predicted octanol–water partition coefficient (Wildman–Crippen LogP) is 8.00. The number of ether oxygens (including phenoxy) is 2. The van der Waals surface area contributed by atoms with Gasteiger partial charge in [-0.3, -0.25) is 9.59 Å². The van der Waals surface area contributed by atoms with Gasteiger partial charge in [-0.15, -0.1) is 24.8 Å². The molecular weight excluding hydrogens is 876 g/mol. The van der Waals surface area contributed by atoms with E-state index < -0.39 is 24.3 Å². The monoisotopic (exact) mass is 924 g/mol. The minimum absolute atomic E-state index is 0. The number of carbonyl (C=O) groups is 4. The molecule has 0 unspecified atom stereocenters. The molecule has 2 fully saturated rings. The second-order valence-corrected chi connectivity index (χ2v) is 16.3. The molecule has 7 rings (SSSR count). The molecule has 0 saturated carbocycles. The van der Waals surface area contributed by atoms with Crippen molar-refractivity contribution in [2.45, 2.75) is 73.5 Å². The Hall–Kier alpha value is -6.39. The fourth-order valence-corrected chi connectivity index (χ4v) is 8.66. The number of aromatic amines is 2. The van der Waals surface area contributed by atoms with E-state index in [-0.39, 0.29) is 54.6 Å². The summed E-state index contributed by atoms with van der Waals surface area (Å²) in [6, 6.07) is 22.9. The van der Waals surface area contributed by atoms with E-state index in [1.807, 2.05) is 74.5 Å². The Labute approximate surface area is 389 Å². The predicted molar refractivity (Wildman–Crippen MR) is 248 cm³/mol. The molecule has 0 aliphatic carbocycles. The highest BCUT2D eigenvalue weighted by Crippen LogP contribution is 2.36. The van der Waals surface area contributed by atoms with Gasteiger partial charge in [0.05, 0.1) is 44.4 Å². The van der Waals surface area contributed by atoms with Crippen LogP contribution in [0, 0.1) is 29.6 Å². The van der Waals surface area contributed by atoms with Gasteiger partial charge >= 0.3 is 12.2 Å². The average Bonchev–Trinajstić information content (AvgIpc) is 4.14. The van der Waals surface area contributed by atoms with Gasteiger partial charge in [-0.1, -0.05) is 86.1 Å². The summed E-state index contributed by atoms with van der Waals surface area (Å²) in [5.41, 5.74) is 3.72. The van der Waals surface area contributed by atoms with Crippen LogP contribution in [0.3, 0.4) is 0 Å². The lowest BCUT2D eigenvalue weighted by Gasteiger charge is -2.30. The molecule has 2 aliphatic rings. The van der Waals surface area contributed by atoms with Crippen LogP contribution in [0.1, 0.15) is 86.1 Å². The zero-order valence-corrected chi connectivity index (χ0v) is 38.2. The number of amides is 4. The van der Waals surface area contributed by atoms with E-state index in [4.69, 9.17) is 14.5 Å². The number of imidazole rings is 2. The molecule has 0 spiro atoms. The van der Waals surface area contributed by atoms with Crippen molar-refractivity contribution in [2.75, 3.05) is 27.3 Å². The van der Waals surface area contributed by atoms with E-state index >= 15 is 0 Å². The van der Waals surface area contributed by atoms with Crippen molar-refractivity contribution >= 4 is 60.6 Å². The Kier molecular flexibility index (Phi) is 17.3. The van der Waals surface area contributed by atoms with E-state index in [1.165, 1.54) is 14.2 Å². The first-order valence-electron chi connectivity index (χ1n) is 20.5. The maximum atomic E-state index is 13.9. The molecule has 4 N–H and O–H groups in total. The number of hydrogen-bond donors (Lipinski definition) is 4. The highest BCUT2D eigenvalue weighted by molar-refractivity contribution is 7.99. The first-order chi connectivity index (χ1) is 30.1. The van der Waals surface area contributed by atoms with Gasteiger partial charge < -0.3 is 39.9 Å². The fourth-order valence-electron chi connectivity index (χ4n) is 7.70. The third-order valence-electron chi connectivity index (χ3n) is 10.8. The molecule has 2 aromatic heterocycles. The summed E-state index contributed by atoms with van der Waals surface area (Å²) in [4.78, 5) is 73.4. The molecule has 64 heavy (non-hydrogen) atoms. The van der Waals surface area contributed by atoms with Crippen LogP contribution in [-0.2, 0) is 19.1 Å². The normalized spacial score (nSPS) is 16.1. The van der Waals surface area contributed by atoms with Crippen LogP contribution in [0.2, 0.25) is 0 Å². The van der Waals surface area contributed by atoms with Crippen molar-refractivity contribution in [1.82, 2.24) is 40.4 Å². The minimum atomic E-state index is -0.910. The van der Waals surface area contributed by atoms with Crippen molar-refractivity contribution in [3.05, 3.63) is 120 Å². The Morgan fingerprint density at radius 3 is 2.00 bits per heavy atom. The van der Waals surface area contributed by atoms with E-state index in [0.717, 1.165) is 45.9 Å². The van der Waals surface area contributed by atoms with E-state index in [9.17, 15) is 19.2 Å². The van der Waals surface area contributed by atoms with Crippen molar-refractivity contribution in [1.29, 1.82) is 0 Å². The lowest BCUT2D eigenvalue weighted by atomic mass is 10.0. The van der Waals surface area contributed by atoms with Gasteiger partial charge in [0, 0.05) is 34.0 Å². The molecular formula is C47H50Cl2N8O6S. The van der Waals surface area contributed by atoms with E-state index in [0.29, 0.717) is 42.4 Å². The van der Waals surface area contributed by atoms with Crippen LogP contribution in [-0.4, -0.2) is 87.1 Å². The fraction of sp³-hybridized carbons (Fsp3) is 0.319. The maximum Gasteiger partial charge on any atom is 0.407 e. The number of aromatic nitrogens is 4. The highest BCUT2D eigenvalue weighted by Gasteiger charge is 2.38. The molecule has 2 saturated heterocycles. The van der Waals surface area contributed by atoms with E-state index in [2.05, 4.69) is 55.3 Å². The number of rotatable bonds is 11. The van der Waals surface area contributed by atoms with Crippen molar-refractivity contribution in [3.8, 4) is 34.9 Å². The topological polar surface area (TPSA) is 175 Å². The standard InChI is InChI=1S/C47H48N8O6S.2ClH/c1-30(2)40(52-46(58)60-3)44(56)54-25-14-22-38(54)43-49-29-36(51-43)33-24-23-31(39(27-33)62-35-19-9-6-10-20-35)15-11-12-18-34-28-48-42(50-34)37-21-13-26-55(37)45(57)41(53-47(59)61-4)32-16-7-5-8-17-32;;/h5-10,16-17,19-20,23-24,27-30,37-38,40-41H,13-14,21-22,25-26H2,1-4H3,(H,48,50)(H,49,51)(H,52,58)(H,53,59);2*1H/t37-,38-,40-,41+;;/m0../s1. The second kappa shape index (κ2) is 22.8. The van der Waals surface area contributed by atoms with Gasteiger partial charge in [0.15, 0.2) is 0 Å². The Bertz CT molecular complexity index is 2530. The van der Waals surface area contributed by atoms with Crippen molar-refractivity contribution in [2.24, 2.45) is 5.92 Å². The molecule has 2 aliphatic heterocycles. The molecule has 0 bridgehead atoms. The first-order valence-corrected chi connectivity index (χ1v) is 21.3. The number of methoxy groups -OCH3 is 2. The maximum absolute atomic E-state index is 13.9. The zero-order valence-electron chi connectivity index (χ0n) is 35.8. The van der Waals surface area contributed by atoms with Crippen molar-refractivity contribution in [3.63, 3.8) is 0 Å². The Morgan fingerprint density at radius 2 is 1.34 bits per heavy atom. The summed E-state index contributed by atoms with van der Waals surface area (Å²) >= 11 is 1.59.